The average molecular weight is 232 g/mol. The van der Waals surface area contributed by atoms with Gasteiger partial charge in [0.25, 0.3) is 0 Å². The van der Waals surface area contributed by atoms with Gasteiger partial charge in [0, 0.05) is 11.8 Å². The first-order valence-corrected chi connectivity index (χ1v) is 6.24. The monoisotopic (exact) mass is 232 g/mol. The fraction of sp³-hybridized carbons (Fsp3) is 0.467. The van der Waals surface area contributed by atoms with Crippen molar-refractivity contribution in [3.05, 3.63) is 35.6 Å². The molecule has 0 saturated heterocycles. The van der Waals surface area contributed by atoms with E-state index in [0.29, 0.717) is 5.92 Å². The summed E-state index contributed by atoms with van der Waals surface area (Å²) in [6.07, 6.45) is 1.31. The van der Waals surface area contributed by atoms with Gasteiger partial charge in [-0.1, -0.05) is 32.0 Å². The summed E-state index contributed by atoms with van der Waals surface area (Å²) in [5, 5.41) is 10.9. The van der Waals surface area contributed by atoms with Gasteiger partial charge in [-0.3, -0.25) is 0 Å². The predicted molar refractivity (Wildman–Crippen MR) is 70.1 cm³/mol. The summed E-state index contributed by atoms with van der Waals surface area (Å²) in [6, 6.07) is 8.24. The Hall–Kier alpha value is -1.28. The van der Waals surface area contributed by atoms with Gasteiger partial charge in [0.1, 0.15) is 11.3 Å². The molecule has 2 heteroatoms. The van der Waals surface area contributed by atoms with Crippen LogP contribution in [0.2, 0.25) is 0 Å². The smallest absolute Gasteiger partial charge is 0.137 e. The minimum atomic E-state index is -0.246. The molecule has 17 heavy (non-hydrogen) atoms. The van der Waals surface area contributed by atoms with Crippen molar-refractivity contribution in [2.75, 3.05) is 0 Å². The molecule has 1 heterocycles. The van der Waals surface area contributed by atoms with Gasteiger partial charge in [-0.2, -0.15) is 0 Å². The zero-order valence-electron chi connectivity index (χ0n) is 10.7. The van der Waals surface area contributed by atoms with Gasteiger partial charge in [-0.05, 0) is 30.9 Å². The Kier molecular flexibility index (Phi) is 3.53. The van der Waals surface area contributed by atoms with Crippen LogP contribution < -0.4 is 0 Å². The molecule has 0 radical (unpaired) electrons. The highest BCUT2D eigenvalue weighted by molar-refractivity contribution is 5.80. The summed E-state index contributed by atoms with van der Waals surface area (Å²) in [6.45, 7) is 6.12. The van der Waals surface area contributed by atoms with Crippen molar-refractivity contribution in [3.63, 3.8) is 0 Å². The molecule has 1 unspecified atom stereocenters. The predicted octanol–water partition coefficient (Wildman–Crippen LogP) is 3.69. The lowest BCUT2D eigenvalue weighted by Crippen LogP contribution is -2.15. The standard InChI is InChI=1S/C15H20O2/c1-10(2)14(16)8-7-13-9-12-6-4-5-11(3)15(12)17-13/h4-6,9-10,14,16H,7-8H2,1-3H3. The molecule has 2 aromatic rings. The van der Waals surface area contributed by atoms with Crippen LogP contribution in [0, 0.1) is 12.8 Å². The van der Waals surface area contributed by atoms with Gasteiger partial charge in [0.2, 0.25) is 0 Å². The summed E-state index contributed by atoms with van der Waals surface area (Å²) >= 11 is 0. The van der Waals surface area contributed by atoms with Crippen molar-refractivity contribution < 1.29 is 9.52 Å². The van der Waals surface area contributed by atoms with Gasteiger partial charge < -0.3 is 9.52 Å². The van der Waals surface area contributed by atoms with Gasteiger partial charge in [-0.15, -0.1) is 0 Å². The Balaban J connectivity index is 2.12. The molecule has 1 atom stereocenters. The molecular weight excluding hydrogens is 212 g/mol. The van der Waals surface area contributed by atoms with E-state index < -0.39 is 0 Å². The molecule has 0 aliphatic heterocycles. The Morgan fingerprint density at radius 3 is 2.71 bits per heavy atom. The molecule has 0 aliphatic rings. The third-order valence-electron chi connectivity index (χ3n) is 3.25. The number of rotatable bonds is 4. The highest BCUT2D eigenvalue weighted by Crippen LogP contribution is 2.24. The molecule has 2 nitrogen and oxygen atoms in total. The van der Waals surface area contributed by atoms with Crippen LogP contribution in [0.5, 0.6) is 0 Å². The molecular formula is C15H20O2. The molecule has 2 rings (SSSR count). The van der Waals surface area contributed by atoms with Crippen molar-refractivity contribution in [2.45, 2.75) is 39.7 Å². The highest BCUT2D eigenvalue weighted by Gasteiger charge is 2.11. The maximum absolute atomic E-state index is 9.78. The van der Waals surface area contributed by atoms with Crippen molar-refractivity contribution in [2.24, 2.45) is 5.92 Å². The zero-order valence-corrected chi connectivity index (χ0v) is 10.7. The lowest BCUT2D eigenvalue weighted by molar-refractivity contribution is 0.115. The number of benzene rings is 1. The third-order valence-corrected chi connectivity index (χ3v) is 3.25. The van der Waals surface area contributed by atoms with E-state index in [-0.39, 0.29) is 6.10 Å². The number of hydrogen-bond donors (Lipinski definition) is 1. The molecule has 0 saturated carbocycles. The summed E-state index contributed by atoms with van der Waals surface area (Å²) in [5.74, 6) is 1.27. The second kappa shape index (κ2) is 4.92. The number of fused-ring (bicyclic) bond motifs is 1. The molecule has 0 aliphatic carbocycles. The van der Waals surface area contributed by atoms with Crippen LogP contribution >= 0.6 is 0 Å². The van der Waals surface area contributed by atoms with Crippen LogP contribution in [0.3, 0.4) is 0 Å². The number of furan rings is 1. The van der Waals surface area contributed by atoms with Crippen LogP contribution in [0.25, 0.3) is 11.0 Å². The van der Waals surface area contributed by atoms with E-state index in [1.165, 1.54) is 0 Å². The first-order valence-electron chi connectivity index (χ1n) is 6.24. The SMILES string of the molecule is Cc1cccc2cc(CCC(O)C(C)C)oc12. The Bertz CT molecular complexity index is 497. The summed E-state index contributed by atoms with van der Waals surface area (Å²) in [5.41, 5.74) is 2.14. The van der Waals surface area contributed by atoms with E-state index in [2.05, 4.69) is 25.1 Å². The summed E-state index contributed by atoms with van der Waals surface area (Å²) in [4.78, 5) is 0. The van der Waals surface area contributed by atoms with Crippen molar-refractivity contribution in [3.8, 4) is 0 Å². The first-order chi connectivity index (χ1) is 8.08. The molecule has 1 aromatic heterocycles. The number of aryl methyl sites for hydroxylation is 2. The second-order valence-electron chi connectivity index (χ2n) is 5.06. The van der Waals surface area contributed by atoms with Crippen molar-refractivity contribution >= 4 is 11.0 Å². The maximum atomic E-state index is 9.78. The Morgan fingerprint density at radius 1 is 1.29 bits per heavy atom. The first kappa shape index (κ1) is 12.2. The average Bonchev–Trinajstić information content (AvgIpc) is 2.70. The van der Waals surface area contributed by atoms with E-state index in [1.807, 2.05) is 19.9 Å². The van der Waals surface area contributed by atoms with E-state index >= 15 is 0 Å². The van der Waals surface area contributed by atoms with Crippen LogP contribution in [0.1, 0.15) is 31.6 Å². The summed E-state index contributed by atoms with van der Waals surface area (Å²) in [7, 11) is 0. The van der Waals surface area contributed by atoms with Gasteiger partial charge in [0.05, 0.1) is 6.10 Å². The Morgan fingerprint density at radius 2 is 2.06 bits per heavy atom. The summed E-state index contributed by atoms with van der Waals surface area (Å²) < 4.78 is 5.82. The quantitative estimate of drug-likeness (QED) is 0.872. The Labute approximate surface area is 102 Å². The maximum Gasteiger partial charge on any atom is 0.137 e. The number of hydrogen-bond acceptors (Lipinski definition) is 2. The number of aliphatic hydroxyl groups is 1. The fourth-order valence-corrected chi connectivity index (χ4v) is 2.01. The lowest BCUT2D eigenvalue weighted by atomic mass is 10.0. The molecule has 0 spiro atoms. The molecule has 0 amide bonds. The van der Waals surface area contributed by atoms with Gasteiger partial charge >= 0.3 is 0 Å². The van der Waals surface area contributed by atoms with Crippen LogP contribution in [-0.4, -0.2) is 11.2 Å². The van der Waals surface area contributed by atoms with E-state index in [1.54, 1.807) is 0 Å². The normalized spacial score (nSPS) is 13.5. The molecule has 1 aromatic carbocycles. The van der Waals surface area contributed by atoms with E-state index in [9.17, 15) is 5.11 Å². The highest BCUT2D eigenvalue weighted by atomic mass is 16.3. The van der Waals surface area contributed by atoms with Gasteiger partial charge in [0.15, 0.2) is 0 Å². The zero-order chi connectivity index (χ0) is 12.4. The lowest BCUT2D eigenvalue weighted by Gasteiger charge is -2.12. The molecule has 0 fully saturated rings. The fourth-order valence-electron chi connectivity index (χ4n) is 2.01. The number of para-hydroxylation sites is 1. The van der Waals surface area contributed by atoms with Crippen LogP contribution in [0.4, 0.5) is 0 Å². The topological polar surface area (TPSA) is 33.4 Å². The largest absolute Gasteiger partial charge is 0.461 e. The van der Waals surface area contributed by atoms with Gasteiger partial charge in [-0.25, -0.2) is 0 Å². The minimum absolute atomic E-state index is 0.246. The minimum Gasteiger partial charge on any atom is -0.461 e. The third kappa shape index (κ3) is 2.70. The van der Waals surface area contributed by atoms with E-state index in [0.717, 1.165) is 35.1 Å². The molecule has 1 N–H and O–H groups in total. The van der Waals surface area contributed by atoms with Crippen LogP contribution in [-0.2, 0) is 6.42 Å². The molecule has 92 valence electrons. The van der Waals surface area contributed by atoms with E-state index in [4.69, 9.17) is 4.42 Å². The van der Waals surface area contributed by atoms with Crippen LogP contribution in [0.15, 0.2) is 28.7 Å². The van der Waals surface area contributed by atoms with Crippen molar-refractivity contribution in [1.29, 1.82) is 0 Å². The number of aliphatic hydroxyl groups excluding tert-OH is 1. The van der Waals surface area contributed by atoms with Crippen molar-refractivity contribution in [1.82, 2.24) is 0 Å². The molecule has 0 bridgehead atoms. The second-order valence-corrected chi connectivity index (χ2v) is 5.06.